The molecule has 0 bridgehead atoms. The Labute approximate surface area is 193 Å². The van der Waals surface area contributed by atoms with Crippen LogP contribution in [0.5, 0.6) is 0 Å². The highest BCUT2D eigenvalue weighted by Gasteiger charge is 2.22. The highest BCUT2D eigenvalue weighted by atomic mass is 32.2. The molecular formula is C23H22N6OS2. The summed E-state index contributed by atoms with van der Waals surface area (Å²) in [5.74, 6) is -0.00265. The Bertz CT molecular complexity index is 1370. The Morgan fingerprint density at radius 2 is 2.12 bits per heavy atom. The lowest BCUT2D eigenvalue weighted by molar-refractivity contribution is -0.113. The molecule has 1 amide bonds. The molecule has 0 fully saturated rings. The van der Waals surface area contributed by atoms with Gasteiger partial charge < -0.3 is 9.88 Å². The van der Waals surface area contributed by atoms with Gasteiger partial charge in [0.25, 0.3) is 0 Å². The number of nitrogens with zero attached hydrogens (tertiary/aromatic N) is 5. The van der Waals surface area contributed by atoms with E-state index in [1.165, 1.54) is 28.0 Å². The first kappa shape index (κ1) is 20.9. The van der Waals surface area contributed by atoms with E-state index in [4.69, 9.17) is 4.98 Å². The van der Waals surface area contributed by atoms with E-state index in [0.29, 0.717) is 15.7 Å². The van der Waals surface area contributed by atoms with Gasteiger partial charge in [-0.2, -0.15) is 5.26 Å². The van der Waals surface area contributed by atoms with Crippen LogP contribution in [-0.2, 0) is 24.2 Å². The van der Waals surface area contributed by atoms with Crippen molar-refractivity contribution in [3.8, 4) is 6.07 Å². The van der Waals surface area contributed by atoms with Crippen molar-refractivity contribution in [1.82, 2.24) is 19.7 Å². The van der Waals surface area contributed by atoms with Gasteiger partial charge in [-0.15, -0.1) is 21.5 Å². The van der Waals surface area contributed by atoms with E-state index in [1.807, 2.05) is 18.2 Å². The number of carbonyl (C=O) groups excluding carboxylic acids is 1. The van der Waals surface area contributed by atoms with Crippen LogP contribution in [0.25, 0.3) is 22.1 Å². The smallest absolute Gasteiger partial charge is 0.235 e. The van der Waals surface area contributed by atoms with Gasteiger partial charge in [0, 0.05) is 16.8 Å². The number of nitrogens with one attached hydrogen (secondary N) is 1. The molecule has 0 atom stereocenters. The van der Waals surface area contributed by atoms with E-state index < -0.39 is 0 Å². The number of fused-ring (bicyclic) bond motifs is 4. The molecule has 0 saturated heterocycles. The minimum atomic E-state index is -0.164. The van der Waals surface area contributed by atoms with Crippen molar-refractivity contribution >= 4 is 56.1 Å². The van der Waals surface area contributed by atoms with Crippen LogP contribution in [0.2, 0.25) is 0 Å². The molecule has 7 nitrogen and oxygen atoms in total. The SMILES string of the molecule is CCCn1c2ccccc2c2nnc(SCC(=O)Nc3sc4c(c3C#N)CCCC4)nc21. The first-order valence-electron chi connectivity index (χ1n) is 10.8. The minimum absolute atomic E-state index is 0.161. The van der Waals surface area contributed by atoms with Crippen molar-refractivity contribution in [2.75, 3.05) is 11.1 Å². The highest BCUT2D eigenvalue weighted by molar-refractivity contribution is 7.99. The molecule has 0 unspecified atom stereocenters. The maximum atomic E-state index is 12.6. The fraction of sp³-hybridized carbons (Fsp3) is 0.348. The fourth-order valence-corrected chi connectivity index (χ4v) is 6.10. The molecule has 0 saturated carbocycles. The van der Waals surface area contributed by atoms with Crippen LogP contribution in [0, 0.1) is 11.3 Å². The molecule has 0 spiro atoms. The van der Waals surface area contributed by atoms with Gasteiger partial charge in [-0.25, -0.2) is 4.98 Å². The number of aromatic nitrogens is 4. The Morgan fingerprint density at radius 3 is 2.97 bits per heavy atom. The number of rotatable bonds is 6. The standard InChI is InChI=1S/C23H22N6OS2/c1-2-11-29-17-9-5-3-8-15(17)20-21(29)26-23(28-27-20)31-13-19(30)25-22-16(12-24)14-7-4-6-10-18(14)32-22/h3,5,8-9H,2,4,6-7,10-11,13H2,1H3,(H,25,30). The largest absolute Gasteiger partial charge is 0.324 e. The third-order valence-electron chi connectivity index (χ3n) is 5.67. The monoisotopic (exact) mass is 462 g/mol. The molecule has 1 N–H and O–H groups in total. The molecular weight excluding hydrogens is 440 g/mol. The van der Waals surface area contributed by atoms with E-state index in [-0.39, 0.29) is 11.7 Å². The van der Waals surface area contributed by atoms with Gasteiger partial charge >= 0.3 is 0 Å². The van der Waals surface area contributed by atoms with Crippen LogP contribution in [0.3, 0.4) is 0 Å². The number of para-hydroxylation sites is 1. The van der Waals surface area contributed by atoms with Gasteiger partial charge in [0.15, 0.2) is 5.65 Å². The Kier molecular flexibility index (Phi) is 5.81. The van der Waals surface area contributed by atoms with E-state index in [1.54, 1.807) is 0 Å². The Morgan fingerprint density at radius 1 is 1.28 bits per heavy atom. The summed E-state index contributed by atoms with van der Waals surface area (Å²) in [6, 6.07) is 10.4. The zero-order chi connectivity index (χ0) is 22.1. The first-order valence-corrected chi connectivity index (χ1v) is 12.6. The molecule has 1 aliphatic carbocycles. The number of nitriles is 1. The molecule has 1 aliphatic rings. The van der Waals surface area contributed by atoms with Gasteiger partial charge in [0.1, 0.15) is 16.6 Å². The number of benzene rings is 1. The first-order chi connectivity index (χ1) is 15.7. The topological polar surface area (TPSA) is 96.5 Å². The highest BCUT2D eigenvalue weighted by Crippen LogP contribution is 2.37. The summed E-state index contributed by atoms with van der Waals surface area (Å²) in [6.07, 6.45) is 5.14. The van der Waals surface area contributed by atoms with E-state index in [9.17, 15) is 10.1 Å². The second-order valence-corrected chi connectivity index (χ2v) is 9.85. The third kappa shape index (κ3) is 3.74. The van der Waals surface area contributed by atoms with Crippen molar-refractivity contribution < 1.29 is 4.79 Å². The van der Waals surface area contributed by atoms with Crippen molar-refractivity contribution in [2.45, 2.75) is 50.7 Å². The van der Waals surface area contributed by atoms with Gasteiger partial charge in [-0.1, -0.05) is 36.9 Å². The normalized spacial score (nSPS) is 13.2. The summed E-state index contributed by atoms with van der Waals surface area (Å²) in [7, 11) is 0. The lowest BCUT2D eigenvalue weighted by atomic mass is 9.96. The van der Waals surface area contributed by atoms with Crippen LogP contribution in [-0.4, -0.2) is 31.4 Å². The van der Waals surface area contributed by atoms with Crippen molar-refractivity contribution in [2.24, 2.45) is 0 Å². The predicted molar refractivity (Wildman–Crippen MR) is 128 cm³/mol. The Balaban J connectivity index is 1.35. The molecule has 4 aromatic rings. The lowest BCUT2D eigenvalue weighted by Gasteiger charge is -2.09. The molecule has 162 valence electrons. The number of hydrogen-bond donors (Lipinski definition) is 1. The van der Waals surface area contributed by atoms with E-state index >= 15 is 0 Å². The van der Waals surface area contributed by atoms with Crippen LogP contribution < -0.4 is 5.32 Å². The summed E-state index contributed by atoms with van der Waals surface area (Å²) < 4.78 is 2.17. The third-order valence-corrected chi connectivity index (χ3v) is 7.72. The number of carbonyl (C=O) groups is 1. The summed E-state index contributed by atoms with van der Waals surface area (Å²) in [5.41, 5.74) is 4.42. The number of anilines is 1. The quantitative estimate of drug-likeness (QED) is 0.408. The number of thiophene rings is 1. The summed E-state index contributed by atoms with van der Waals surface area (Å²) in [5, 5.41) is 23.4. The van der Waals surface area contributed by atoms with Gasteiger partial charge in [-0.05, 0) is 43.7 Å². The van der Waals surface area contributed by atoms with E-state index in [0.717, 1.165) is 66.3 Å². The molecule has 0 aliphatic heterocycles. The number of hydrogen-bond acceptors (Lipinski definition) is 7. The molecule has 3 aromatic heterocycles. The predicted octanol–water partition coefficient (Wildman–Crippen LogP) is 4.93. The summed E-state index contributed by atoms with van der Waals surface area (Å²) in [4.78, 5) is 18.6. The number of aryl methyl sites for hydroxylation is 2. The van der Waals surface area contributed by atoms with Gasteiger partial charge in [0.05, 0.1) is 16.8 Å². The lowest BCUT2D eigenvalue weighted by Crippen LogP contribution is -2.14. The molecule has 32 heavy (non-hydrogen) atoms. The van der Waals surface area contributed by atoms with Crippen LogP contribution in [0.4, 0.5) is 5.00 Å². The number of amides is 1. The minimum Gasteiger partial charge on any atom is -0.324 e. The fourth-order valence-electron chi connectivity index (χ4n) is 4.27. The maximum absolute atomic E-state index is 12.6. The number of thioether (sulfide) groups is 1. The molecule has 0 radical (unpaired) electrons. The Hall–Kier alpha value is -2.96. The van der Waals surface area contributed by atoms with Crippen molar-refractivity contribution in [3.05, 3.63) is 40.3 Å². The van der Waals surface area contributed by atoms with Crippen LogP contribution in [0.15, 0.2) is 29.4 Å². The van der Waals surface area contributed by atoms with Gasteiger partial charge in [-0.3, -0.25) is 4.79 Å². The average Bonchev–Trinajstić information content (AvgIpc) is 3.33. The molecule has 1 aromatic carbocycles. The zero-order valence-corrected chi connectivity index (χ0v) is 19.4. The average molecular weight is 463 g/mol. The zero-order valence-electron chi connectivity index (χ0n) is 17.7. The second-order valence-electron chi connectivity index (χ2n) is 7.80. The second kappa shape index (κ2) is 8.88. The van der Waals surface area contributed by atoms with Crippen LogP contribution in [0.1, 0.15) is 42.2 Å². The van der Waals surface area contributed by atoms with E-state index in [2.05, 4.69) is 39.1 Å². The molecule has 5 rings (SSSR count). The van der Waals surface area contributed by atoms with Gasteiger partial charge in [0.2, 0.25) is 11.1 Å². The summed E-state index contributed by atoms with van der Waals surface area (Å²) >= 11 is 2.80. The van der Waals surface area contributed by atoms with Crippen LogP contribution >= 0.6 is 23.1 Å². The molecule has 9 heteroatoms. The van der Waals surface area contributed by atoms with Crippen molar-refractivity contribution in [1.29, 1.82) is 5.26 Å². The van der Waals surface area contributed by atoms with Crippen molar-refractivity contribution in [3.63, 3.8) is 0 Å². The summed E-state index contributed by atoms with van der Waals surface area (Å²) in [6.45, 7) is 2.97. The molecule has 3 heterocycles. The maximum Gasteiger partial charge on any atom is 0.235 e.